The minimum absolute atomic E-state index is 0.00875. The predicted octanol–water partition coefficient (Wildman–Crippen LogP) is 2.13. The maximum atomic E-state index is 12.7. The third kappa shape index (κ3) is 6.69. The third-order valence-electron chi connectivity index (χ3n) is 5.24. The van der Waals surface area contributed by atoms with Gasteiger partial charge in [-0.2, -0.15) is 0 Å². The van der Waals surface area contributed by atoms with Gasteiger partial charge in [0, 0.05) is 42.8 Å². The van der Waals surface area contributed by atoms with Gasteiger partial charge >= 0.3 is 0 Å². The number of thiophene rings is 1. The lowest BCUT2D eigenvalue weighted by Crippen LogP contribution is -2.49. The van der Waals surface area contributed by atoms with Crippen molar-refractivity contribution in [3.8, 4) is 0 Å². The molecule has 4 rings (SSSR count). The van der Waals surface area contributed by atoms with Crippen molar-refractivity contribution in [2.45, 2.75) is 18.1 Å². The fourth-order valence-electron chi connectivity index (χ4n) is 3.54. The summed E-state index contributed by atoms with van der Waals surface area (Å²) in [6, 6.07) is 15.4. The van der Waals surface area contributed by atoms with Gasteiger partial charge < -0.3 is 20.1 Å². The molecule has 1 aliphatic heterocycles. The molecule has 1 saturated heterocycles. The lowest BCUT2D eigenvalue weighted by atomic mass is 10.2. The maximum Gasteiger partial charge on any atom is 0.251 e. The Morgan fingerprint density at radius 2 is 1.88 bits per heavy atom. The van der Waals surface area contributed by atoms with Crippen molar-refractivity contribution in [2.75, 3.05) is 36.8 Å². The summed E-state index contributed by atoms with van der Waals surface area (Å²) >= 11 is 2.75. The molecule has 2 aromatic heterocycles. The second kappa shape index (κ2) is 11.2. The summed E-state index contributed by atoms with van der Waals surface area (Å²) in [5.41, 5.74) is 1.21. The lowest BCUT2D eigenvalue weighted by molar-refractivity contribution is -0.128. The van der Waals surface area contributed by atoms with E-state index in [9.17, 15) is 14.4 Å². The van der Waals surface area contributed by atoms with Crippen LogP contribution in [0.25, 0.3) is 0 Å². The highest BCUT2D eigenvalue weighted by atomic mass is 32.2. The fraction of sp³-hybridized carbons (Fsp3) is 0.304. The van der Waals surface area contributed by atoms with E-state index in [0.29, 0.717) is 30.5 Å². The number of carbonyl (C=O) groups excluding carboxylic acids is 2. The Morgan fingerprint density at radius 1 is 1.09 bits per heavy atom. The number of hydrogen-bond acceptors (Lipinski definition) is 7. The zero-order chi connectivity index (χ0) is 23.0. The fourth-order valence-corrected chi connectivity index (χ4v) is 4.98. The predicted molar refractivity (Wildman–Crippen MR) is 131 cm³/mol. The topological polar surface area (TPSA) is 98.4 Å². The number of nitrogens with one attached hydrogen (secondary N) is 2. The van der Waals surface area contributed by atoms with Gasteiger partial charge in [-0.15, -0.1) is 11.3 Å². The molecule has 33 heavy (non-hydrogen) atoms. The van der Waals surface area contributed by atoms with Crippen LogP contribution in [0.1, 0.15) is 10.6 Å². The lowest BCUT2D eigenvalue weighted by Gasteiger charge is -2.36. The van der Waals surface area contributed by atoms with Gasteiger partial charge in [-0.3, -0.25) is 14.4 Å². The van der Waals surface area contributed by atoms with Crippen LogP contribution in [-0.4, -0.2) is 58.6 Å². The number of anilines is 1. The molecule has 3 heterocycles. The molecular formula is C23H25N5O3S2. The first-order valence-corrected chi connectivity index (χ1v) is 12.5. The third-order valence-corrected chi connectivity index (χ3v) is 6.98. The van der Waals surface area contributed by atoms with E-state index in [1.807, 2.05) is 40.6 Å². The van der Waals surface area contributed by atoms with Crippen molar-refractivity contribution < 1.29 is 9.59 Å². The number of rotatable bonds is 8. The average molecular weight is 484 g/mol. The maximum absolute atomic E-state index is 12.7. The second-order valence-electron chi connectivity index (χ2n) is 7.57. The van der Waals surface area contributed by atoms with E-state index in [-0.39, 0.29) is 29.5 Å². The number of piperazine rings is 1. The average Bonchev–Trinajstić information content (AvgIpc) is 3.35. The number of amides is 2. The Balaban J connectivity index is 1.26. The van der Waals surface area contributed by atoms with Crippen LogP contribution >= 0.6 is 23.1 Å². The molecule has 0 unspecified atom stereocenters. The Kier molecular flexibility index (Phi) is 7.79. The molecule has 3 aromatic rings. The van der Waals surface area contributed by atoms with E-state index in [0.717, 1.165) is 23.7 Å². The molecule has 0 atom stereocenters. The summed E-state index contributed by atoms with van der Waals surface area (Å²) in [4.78, 5) is 49.1. The molecule has 0 saturated carbocycles. The number of aromatic amines is 1. The van der Waals surface area contributed by atoms with Gasteiger partial charge in [0.15, 0.2) is 5.16 Å². The zero-order valence-corrected chi connectivity index (χ0v) is 19.7. The van der Waals surface area contributed by atoms with Gasteiger partial charge in [0.1, 0.15) is 0 Å². The minimum Gasteiger partial charge on any atom is -0.368 e. The van der Waals surface area contributed by atoms with E-state index in [1.165, 1.54) is 17.8 Å². The van der Waals surface area contributed by atoms with Crippen LogP contribution in [0.2, 0.25) is 0 Å². The normalized spacial score (nSPS) is 13.7. The smallest absolute Gasteiger partial charge is 0.251 e. The number of nitrogens with zero attached hydrogens (tertiary/aromatic N) is 3. The highest BCUT2D eigenvalue weighted by Gasteiger charge is 2.21. The summed E-state index contributed by atoms with van der Waals surface area (Å²) in [5.74, 6) is -0.0123. The van der Waals surface area contributed by atoms with E-state index < -0.39 is 0 Å². The van der Waals surface area contributed by atoms with E-state index in [2.05, 4.69) is 32.3 Å². The van der Waals surface area contributed by atoms with Crippen molar-refractivity contribution in [3.05, 3.63) is 74.8 Å². The molecule has 1 fully saturated rings. The molecule has 172 valence electrons. The molecule has 0 radical (unpaired) electrons. The number of thioether (sulfide) groups is 1. The van der Waals surface area contributed by atoms with Crippen molar-refractivity contribution in [3.63, 3.8) is 0 Å². The van der Waals surface area contributed by atoms with Crippen LogP contribution in [0.4, 0.5) is 5.69 Å². The Labute approximate surface area is 200 Å². The Morgan fingerprint density at radius 3 is 2.61 bits per heavy atom. The standard InChI is InChI=1S/C23H25N5O3S2/c29-20(24-15-19-7-4-12-32-19)13-17-14-21(30)26-23(25-17)33-16-22(31)28-10-8-27(9-11-28)18-5-2-1-3-6-18/h1-7,12,14H,8-11,13,15-16H2,(H,24,29)(H,25,26,30). The zero-order valence-electron chi connectivity index (χ0n) is 18.0. The van der Waals surface area contributed by atoms with E-state index >= 15 is 0 Å². The summed E-state index contributed by atoms with van der Waals surface area (Å²) < 4.78 is 0. The number of hydrogen-bond donors (Lipinski definition) is 2. The van der Waals surface area contributed by atoms with Gasteiger partial charge in [-0.05, 0) is 23.6 Å². The Bertz CT molecular complexity index is 1130. The summed E-state index contributed by atoms with van der Waals surface area (Å²) in [5, 5.41) is 5.13. The van der Waals surface area contributed by atoms with Crippen LogP contribution in [0.5, 0.6) is 0 Å². The van der Waals surface area contributed by atoms with Gasteiger partial charge in [-0.1, -0.05) is 36.0 Å². The molecule has 10 heteroatoms. The number of carbonyl (C=O) groups is 2. The van der Waals surface area contributed by atoms with Crippen LogP contribution in [-0.2, 0) is 22.6 Å². The SMILES string of the molecule is O=C(Cc1cc(=O)[nH]c(SCC(=O)N2CCN(c3ccccc3)CC2)n1)NCc1cccs1. The van der Waals surface area contributed by atoms with Crippen LogP contribution in [0, 0.1) is 0 Å². The minimum atomic E-state index is -0.336. The monoisotopic (exact) mass is 483 g/mol. The largest absolute Gasteiger partial charge is 0.368 e. The second-order valence-corrected chi connectivity index (χ2v) is 9.56. The van der Waals surface area contributed by atoms with Crippen LogP contribution in [0.15, 0.2) is 63.9 Å². The highest BCUT2D eigenvalue weighted by Crippen LogP contribution is 2.17. The molecule has 2 amide bonds. The molecule has 8 nitrogen and oxygen atoms in total. The molecule has 1 aromatic carbocycles. The van der Waals surface area contributed by atoms with Gasteiger partial charge in [-0.25, -0.2) is 4.98 Å². The van der Waals surface area contributed by atoms with E-state index in [1.54, 1.807) is 11.3 Å². The summed E-state index contributed by atoms with van der Waals surface area (Å²) in [6.45, 7) is 3.33. The van der Waals surface area contributed by atoms with Crippen molar-refractivity contribution in [2.24, 2.45) is 0 Å². The molecule has 0 aliphatic carbocycles. The molecule has 0 spiro atoms. The highest BCUT2D eigenvalue weighted by molar-refractivity contribution is 7.99. The Hall–Kier alpha value is -3.11. The molecule has 2 N–H and O–H groups in total. The van der Waals surface area contributed by atoms with Crippen molar-refractivity contribution in [1.29, 1.82) is 0 Å². The quantitative estimate of drug-likeness (QED) is 0.376. The first-order chi connectivity index (χ1) is 16.1. The van der Waals surface area contributed by atoms with Gasteiger partial charge in [0.25, 0.3) is 5.56 Å². The number of aromatic nitrogens is 2. The van der Waals surface area contributed by atoms with Crippen molar-refractivity contribution >= 4 is 40.6 Å². The van der Waals surface area contributed by atoms with Gasteiger partial charge in [0.2, 0.25) is 11.8 Å². The molecule has 0 bridgehead atoms. The summed E-state index contributed by atoms with van der Waals surface area (Å²) in [6.07, 6.45) is 0.0122. The van der Waals surface area contributed by atoms with E-state index in [4.69, 9.17) is 0 Å². The molecular weight excluding hydrogens is 458 g/mol. The summed E-state index contributed by atoms with van der Waals surface area (Å²) in [7, 11) is 0. The molecule has 1 aliphatic rings. The van der Waals surface area contributed by atoms with Crippen LogP contribution in [0.3, 0.4) is 0 Å². The first-order valence-electron chi connectivity index (χ1n) is 10.7. The number of H-pyrrole nitrogens is 1. The van der Waals surface area contributed by atoms with Crippen LogP contribution < -0.4 is 15.8 Å². The van der Waals surface area contributed by atoms with Crippen molar-refractivity contribution in [1.82, 2.24) is 20.2 Å². The number of para-hydroxylation sites is 1. The number of benzene rings is 1. The first kappa shape index (κ1) is 23.1. The van der Waals surface area contributed by atoms with Gasteiger partial charge in [0.05, 0.1) is 24.4 Å².